The smallest absolute Gasteiger partial charge is 0.123 e. The van der Waals surface area contributed by atoms with Crippen LogP contribution in [0.5, 0.6) is 0 Å². The first-order chi connectivity index (χ1) is 9.06. The van der Waals surface area contributed by atoms with Crippen LogP contribution >= 0.6 is 23.2 Å². The van der Waals surface area contributed by atoms with E-state index in [0.29, 0.717) is 16.6 Å². The summed E-state index contributed by atoms with van der Waals surface area (Å²) in [7, 11) is 0. The molecule has 2 aromatic rings. The molecule has 0 radical (unpaired) electrons. The molecule has 0 aliphatic carbocycles. The molecule has 0 fully saturated rings. The van der Waals surface area contributed by atoms with Crippen molar-refractivity contribution in [3.63, 3.8) is 0 Å². The first kappa shape index (κ1) is 14.3. The molecule has 2 rings (SSSR count). The Balaban J connectivity index is 2.00. The first-order valence-corrected chi connectivity index (χ1v) is 6.74. The maximum Gasteiger partial charge on any atom is 0.123 e. The summed E-state index contributed by atoms with van der Waals surface area (Å²) in [6.45, 7) is 2.66. The van der Waals surface area contributed by atoms with Crippen LogP contribution in [0.25, 0.3) is 0 Å². The minimum Gasteiger partial charge on any atom is -0.306 e. The molecule has 1 N–H and O–H groups in total. The lowest BCUT2D eigenvalue weighted by atomic mass is 10.1. The minimum absolute atomic E-state index is 0.118. The zero-order valence-electron chi connectivity index (χ0n) is 10.5. The molecule has 0 amide bonds. The molecule has 0 aliphatic heterocycles. The highest BCUT2D eigenvalue weighted by Gasteiger charge is 2.07. The highest BCUT2D eigenvalue weighted by atomic mass is 35.5. The Bertz CT molecular complexity index is 555. The van der Waals surface area contributed by atoms with Crippen molar-refractivity contribution in [3.8, 4) is 0 Å². The van der Waals surface area contributed by atoms with Crippen LogP contribution < -0.4 is 5.32 Å². The average molecular weight is 298 g/mol. The third kappa shape index (κ3) is 3.93. The van der Waals surface area contributed by atoms with Crippen LogP contribution in [-0.2, 0) is 6.54 Å². The number of benzene rings is 2. The van der Waals surface area contributed by atoms with Gasteiger partial charge in [-0.1, -0.05) is 41.4 Å². The Morgan fingerprint density at radius 2 is 1.79 bits per heavy atom. The normalized spacial score (nSPS) is 12.4. The number of rotatable bonds is 4. The molecule has 0 aliphatic rings. The molecular formula is C15H14Cl2FN. The minimum atomic E-state index is -0.225. The predicted molar refractivity (Wildman–Crippen MR) is 78.1 cm³/mol. The second kappa shape index (κ2) is 6.38. The Hall–Kier alpha value is -1.09. The van der Waals surface area contributed by atoms with Crippen LogP contribution in [0.15, 0.2) is 42.5 Å². The Morgan fingerprint density at radius 1 is 1.11 bits per heavy atom. The summed E-state index contributed by atoms with van der Waals surface area (Å²) >= 11 is 12.0. The molecule has 0 heterocycles. The molecule has 0 saturated carbocycles. The molecule has 0 bridgehead atoms. The Labute approximate surface area is 122 Å². The van der Waals surface area contributed by atoms with Gasteiger partial charge in [-0.15, -0.1) is 0 Å². The molecule has 0 unspecified atom stereocenters. The number of hydrogen-bond acceptors (Lipinski definition) is 1. The number of nitrogens with one attached hydrogen (secondary N) is 1. The topological polar surface area (TPSA) is 12.0 Å². The van der Waals surface area contributed by atoms with Crippen LogP contribution in [0.1, 0.15) is 24.1 Å². The van der Waals surface area contributed by atoms with E-state index >= 15 is 0 Å². The molecule has 1 nitrogen and oxygen atoms in total. The molecule has 4 heteroatoms. The van der Waals surface area contributed by atoms with Crippen molar-refractivity contribution in [3.05, 3.63) is 69.5 Å². The number of hydrogen-bond donors (Lipinski definition) is 1. The van der Waals surface area contributed by atoms with Gasteiger partial charge in [-0.25, -0.2) is 4.39 Å². The molecular weight excluding hydrogens is 284 g/mol. The Morgan fingerprint density at radius 3 is 2.42 bits per heavy atom. The van der Waals surface area contributed by atoms with Crippen molar-refractivity contribution in [1.82, 2.24) is 5.32 Å². The standard InChI is InChI=1S/C15H14Cl2FN/c1-10(11-3-6-14(18)7-4-11)19-9-12-2-5-13(16)8-15(12)17/h2-8,10,19H,9H2,1H3/t10-/m1/s1. The Kier molecular flexibility index (Phi) is 4.81. The third-order valence-corrected chi connectivity index (χ3v) is 3.57. The van der Waals surface area contributed by atoms with E-state index in [1.54, 1.807) is 18.2 Å². The van der Waals surface area contributed by atoms with Crippen molar-refractivity contribution >= 4 is 23.2 Å². The molecule has 0 aromatic heterocycles. The van der Waals surface area contributed by atoms with Crippen LogP contribution in [0, 0.1) is 5.82 Å². The summed E-state index contributed by atoms with van der Waals surface area (Å²) in [6.07, 6.45) is 0. The summed E-state index contributed by atoms with van der Waals surface area (Å²) in [5.41, 5.74) is 2.02. The monoisotopic (exact) mass is 297 g/mol. The molecule has 100 valence electrons. The highest BCUT2D eigenvalue weighted by molar-refractivity contribution is 6.35. The lowest BCUT2D eigenvalue weighted by Crippen LogP contribution is -2.18. The highest BCUT2D eigenvalue weighted by Crippen LogP contribution is 2.22. The lowest BCUT2D eigenvalue weighted by molar-refractivity contribution is 0.571. The van der Waals surface area contributed by atoms with E-state index in [9.17, 15) is 4.39 Å². The number of halogens is 3. The van der Waals surface area contributed by atoms with Crippen LogP contribution in [0.2, 0.25) is 10.0 Å². The summed E-state index contributed by atoms with van der Waals surface area (Å²) in [6, 6.07) is 12.0. The van der Waals surface area contributed by atoms with Crippen molar-refractivity contribution in [2.75, 3.05) is 0 Å². The van der Waals surface area contributed by atoms with Crippen molar-refractivity contribution in [2.24, 2.45) is 0 Å². The van der Waals surface area contributed by atoms with Crippen LogP contribution in [0.4, 0.5) is 4.39 Å². The predicted octanol–water partition coefficient (Wildman–Crippen LogP) is 4.98. The molecule has 0 spiro atoms. The van der Waals surface area contributed by atoms with Crippen LogP contribution in [-0.4, -0.2) is 0 Å². The van der Waals surface area contributed by atoms with E-state index in [4.69, 9.17) is 23.2 Å². The van der Waals surface area contributed by atoms with Gasteiger partial charge in [0.1, 0.15) is 5.82 Å². The van der Waals surface area contributed by atoms with Crippen molar-refractivity contribution < 1.29 is 4.39 Å². The summed E-state index contributed by atoms with van der Waals surface area (Å²) in [5, 5.41) is 4.62. The van der Waals surface area contributed by atoms with E-state index < -0.39 is 0 Å². The zero-order chi connectivity index (χ0) is 13.8. The van der Waals surface area contributed by atoms with Crippen LogP contribution in [0.3, 0.4) is 0 Å². The maximum atomic E-state index is 12.8. The molecule has 19 heavy (non-hydrogen) atoms. The molecule has 1 atom stereocenters. The lowest BCUT2D eigenvalue weighted by Gasteiger charge is -2.15. The van der Waals surface area contributed by atoms with Crippen molar-refractivity contribution in [1.29, 1.82) is 0 Å². The van der Waals surface area contributed by atoms with Gasteiger partial charge in [0, 0.05) is 22.6 Å². The van der Waals surface area contributed by atoms with Crippen molar-refractivity contribution in [2.45, 2.75) is 19.5 Å². The average Bonchev–Trinajstić information content (AvgIpc) is 2.38. The quantitative estimate of drug-likeness (QED) is 0.839. The maximum absolute atomic E-state index is 12.8. The van der Waals surface area contributed by atoms with Gasteiger partial charge in [-0.05, 0) is 42.3 Å². The van der Waals surface area contributed by atoms with Gasteiger partial charge in [0.25, 0.3) is 0 Å². The fourth-order valence-electron chi connectivity index (χ4n) is 1.80. The second-order valence-corrected chi connectivity index (χ2v) is 5.23. The molecule has 2 aromatic carbocycles. The van der Waals surface area contributed by atoms with E-state index in [-0.39, 0.29) is 11.9 Å². The summed E-state index contributed by atoms with van der Waals surface area (Å²) in [5.74, 6) is -0.225. The summed E-state index contributed by atoms with van der Waals surface area (Å²) in [4.78, 5) is 0. The fraction of sp³-hybridized carbons (Fsp3) is 0.200. The SMILES string of the molecule is C[C@@H](NCc1ccc(Cl)cc1Cl)c1ccc(F)cc1. The van der Waals surface area contributed by atoms with Gasteiger partial charge in [-0.2, -0.15) is 0 Å². The second-order valence-electron chi connectivity index (χ2n) is 4.39. The van der Waals surface area contributed by atoms with Gasteiger partial charge in [0.05, 0.1) is 0 Å². The summed E-state index contributed by atoms with van der Waals surface area (Å²) < 4.78 is 12.8. The molecule has 0 saturated heterocycles. The zero-order valence-corrected chi connectivity index (χ0v) is 12.0. The van der Waals surface area contributed by atoms with Gasteiger partial charge < -0.3 is 5.32 Å². The third-order valence-electron chi connectivity index (χ3n) is 2.98. The fourth-order valence-corrected chi connectivity index (χ4v) is 2.27. The van der Waals surface area contributed by atoms with E-state index in [2.05, 4.69) is 5.32 Å². The van der Waals surface area contributed by atoms with E-state index in [1.165, 1.54) is 12.1 Å². The van der Waals surface area contributed by atoms with E-state index in [0.717, 1.165) is 11.1 Å². The van der Waals surface area contributed by atoms with Gasteiger partial charge in [0.15, 0.2) is 0 Å². The van der Waals surface area contributed by atoms with Gasteiger partial charge in [0.2, 0.25) is 0 Å². The largest absolute Gasteiger partial charge is 0.306 e. The van der Waals surface area contributed by atoms with Gasteiger partial charge in [-0.3, -0.25) is 0 Å². The van der Waals surface area contributed by atoms with E-state index in [1.807, 2.05) is 19.1 Å². The van der Waals surface area contributed by atoms with Gasteiger partial charge >= 0.3 is 0 Å². The first-order valence-electron chi connectivity index (χ1n) is 5.99.